The van der Waals surface area contributed by atoms with E-state index >= 15 is 0 Å². The van der Waals surface area contributed by atoms with Gasteiger partial charge in [0.05, 0.1) is 25.9 Å². The fourth-order valence-electron chi connectivity index (χ4n) is 5.03. The third-order valence-electron chi connectivity index (χ3n) is 7.54. The van der Waals surface area contributed by atoms with E-state index in [2.05, 4.69) is 0 Å². The maximum absolute atomic E-state index is 13.2. The molecule has 2 fully saturated rings. The van der Waals surface area contributed by atoms with Gasteiger partial charge >= 0.3 is 0 Å². The number of aromatic hydroxyl groups is 2. The molecule has 0 bridgehead atoms. The molecule has 16 heteroatoms. The molecule has 0 radical (unpaired) electrons. The summed E-state index contributed by atoms with van der Waals surface area (Å²) in [6.45, 7) is -1.21. The van der Waals surface area contributed by atoms with Crippen LogP contribution in [0.1, 0.15) is 0 Å². The van der Waals surface area contributed by atoms with Crippen LogP contribution in [-0.4, -0.2) is 128 Å². The molecule has 10 unspecified atom stereocenters. The van der Waals surface area contributed by atoms with Crippen molar-refractivity contribution in [2.75, 3.05) is 20.3 Å². The van der Waals surface area contributed by atoms with Crippen molar-refractivity contribution in [2.24, 2.45) is 0 Å². The second kappa shape index (κ2) is 12.8. The maximum Gasteiger partial charge on any atom is 0.229 e. The Bertz CT molecular complexity index is 1510. The van der Waals surface area contributed by atoms with Crippen molar-refractivity contribution in [3.63, 3.8) is 0 Å². The molecule has 3 aromatic rings. The third kappa shape index (κ3) is 5.80. The number of hydrogen-bond acceptors (Lipinski definition) is 16. The van der Waals surface area contributed by atoms with E-state index < -0.39 is 91.6 Å². The lowest BCUT2D eigenvalue weighted by molar-refractivity contribution is -0.323. The molecule has 2 saturated heterocycles. The minimum absolute atomic E-state index is 0.0602. The maximum atomic E-state index is 13.2. The number of aliphatic hydroxyl groups is 7. The summed E-state index contributed by atoms with van der Waals surface area (Å²) in [6.07, 6.45) is -14.6. The Morgan fingerprint density at radius 2 is 1.43 bits per heavy atom. The van der Waals surface area contributed by atoms with Crippen LogP contribution >= 0.6 is 0 Å². The van der Waals surface area contributed by atoms with E-state index in [-0.39, 0.29) is 28.0 Å². The smallest absolute Gasteiger partial charge is 0.229 e. The highest BCUT2D eigenvalue weighted by molar-refractivity contribution is 5.91. The van der Waals surface area contributed by atoms with E-state index in [0.717, 1.165) is 12.3 Å². The average Bonchev–Trinajstić information content (AvgIpc) is 3.01. The van der Waals surface area contributed by atoms with Crippen LogP contribution in [0.15, 0.2) is 45.8 Å². The van der Waals surface area contributed by atoms with E-state index in [1.54, 1.807) is 0 Å². The van der Waals surface area contributed by atoms with Crippen molar-refractivity contribution in [1.29, 1.82) is 0 Å². The second-order valence-electron chi connectivity index (χ2n) is 10.3. The Balaban J connectivity index is 1.29. The van der Waals surface area contributed by atoms with Gasteiger partial charge in [-0.25, -0.2) is 0 Å². The van der Waals surface area contributed by atoms with Gasteiger partial charge in [-0.2, -0.15) is 0 Å². The predicted molar refractivity (Wildman–Crippen MR) is 145 cm³/mol. The highest BCUT2D eigenvalue weighted by Crippen LogP contribution is 2.41. The Morgan fingerprint density at radius 3 is 2.07 bits per heavy atom. The Hall–Kier alpha value is -3.55. The number of phenols is 2. The molecule has 3 heterocycles. The molecule has 0 aliphatic carbocycles. The van der Waals surface area contributed by atoms with Gasteiger partial charge in [-0.15, -0.1) is 0 Å². The number of aliphatic hydroxyl groups excluding tert-OH is 7. The molecule has 16 nitrogen and oxygen atoms in total. The summed E-state index contributed by atoms with van der Waals surface area (Å²) in [5.41, 5.74) is -0.263. The van der Waals surface area contributed by atoms with Crippen molar-refractivity contribution >= 4 is 11.0 Å². The molecule has 240 valence electrons. The fourth-order valence-corrected chi connectivity index (χ4v) is 5.03. The van der Waals surface area contributed by atoms with E-state index in [1.165, 1.54) is 31.4 Å². The van der Waals surface area contributed by atoms with Crippen LogP contribution in [0, 0.1) is 0 Å². The summed E-state index contributed by atoms with van der Waals surface area (Å²) in [7, 11) is 1.22. The van der Waals surface area contributed by atoms with Crippen LogP contribution in [0.5, 0.6) is 23.0 Å². The van der Waals surface area contributed by atoms with Gasteiger partial charge < -0.3 is 74.1 Å². The lowest BCUT2D eigenvalue weighted by Crippen LogP contribution is -2.62. The molecule has 10 atom stereocenters. The number of ether oxygens (including phenoxy) is 5. The van der Waals surface area contributed by atoms with Crippen molar-refractivity contribution in [3.05, 3.63) is 46.8 Å². The van der Waals surface area contributed by atoms with E-state index in [0.29, 0.717) is 5.56 Å². The molecule has 44 heavy (non-hydrogen) atoms. The first-order valence-corrected chi connectivity index (χ1v) is 13.4. The second-order valence-corrected chi connectivity index (χ2v) is 10.3. The molecule has 0 amide bonds. The highest BCUT2D eigenvalue weighted by Gasteiger charge is 2.47. The van der Waals surface area contributed by atoms with Gasteiger partial charge in [0.15, 0.2) is 17.8 Å². The quantitative estimate of drug-likeness (QED) is 0.130. The van der Waals surface area contributed by atoms with Gasteiger partial charge in [-0.1, -0.05) is 12.1 Å². The minimum atomic E-state index is -1.75. The molecule has 0 saturated carbocycles. The van der Waals surface area contributed by atoms with Crippen LogP contribution in [0.2, 0.25) is 0 Å². The van der Waals surface area contributed by atoms with Crippen LogP contribution in [-0.2, 0) is 14.2 Å². The summed E-state index contributed by atoms with van der Waals surface area (Å²) < 4.78 is 32.4. The van der Waals surface area contributed by atoms with Crippen LogP contribution in [0.3, 0.4) is 0 Å². The Kier molecular flexibility index (Phi) is 9.28. The number of rotatable bonds is 8. The van der Waals surface area contributed by atoms with E-state index in [4.69, 9.17) is 28.1 Å². The zero-order chi connectivity index (χ0) is 31.9. The summed E-state index contributed by atoms with van der Waals surface area (Å²) in [5, 5.41) is 90.9. The summed E-state index contributed by atoms with van der Waals surface area (Å²) in [4.78, 5) is 13.2. The topological polar surface area (TPSA) is 258 Å². The van der Waals surface area contributed by atoms with Crippen LogP contribution in [0.25, 0.3) is 22.1 Å². The standard InChI is InChI=1S/C28H32O16/c1-39-26-13(30)6-14-17(21(26)34)18(31)12(8-40-14)10-2-4-11(5-3-10)42-28-25(38)23(36)20(33)16(44-28)9-41-27-24(37)22(35)19(32)15(7-29)43-27/h2-6,8,15-16,19-20,22-25,27-30,32-38H,7,9H2,1H3. The van der Waals surface area contributed by atoms with E-state index in [1.807, 2.05) is 0 Å². The van der Waals surface area contributed by atoms with Crippen molar-refractivity contribution in [3.8, 4) is 34.1 Å². The van der Waals surface area contributed by atoms with Gasteiger partial charge in [-0.05, 0) is 17.7 Å². The monoisotopic (exact) mass is 624 g/mol. The number of benzene rings is 2. The van der Waals surface area contributed by atoms with Gasteiger partial charge in [0.25, 0.3) is 0 Å². The molecule has 9 N–H and O–H groups in total. The van der Waals surface area contributed by atoms with Crippen LogP contribution < -0.4 is 14.9 Å². The summed E-state index contributed by atoms with van der Waals surface area (Å²) in [5.74, 6) is -1.18. The van der Waals surface area contributed by atoms with E-state index in [9.17, 15) is 50.8 Å². The lowest BCUT2D eigenvalue weighted by atomic mass is 9.98. The SMILES string of the molecule is COc1c(O)cc2occ(-c3ccc(OC4OC(COC5OC(CO)C(O)C(O)C5O)C(O)C(O)C4O)cc3)c(=O)c2c1O. The molecule has 1 aromatic heterocycles. The molecular weight excluding hydrogens is 592 g/mol. The van der Waals surface area contributed by atoms with Crippen molar-refractivity contribution in [1.82, 2.24) is 0 Å². The molecule has 2 aliphatic rings. The first kappa shape index (κ1) is 31.9. The zero-order valence-corrected chi connectivity index (χ0v) is 23.0. The van der Waals surface area contributed by atoms with Crippen molar-refractivity contribution < 1.29 is 74.1 Å². The normalized spacial score (nSPS) is 32.5. The molecule has 2 aromatic carbocycles. The predicted octanol–water partition coefficient (Wildman–Crippen LogP) is -2.12. The molecule has 0 spiro atoms. The number of methoxy groups -OCH3 is 1. The Morgan fingerprint density at radius 1 is 0.818 bits per heavy atom. The summed E-state index contributed by atoms with van der Waals surface area (Å²) in [6, 6.07) is 6.93. The average molecular weight is 625 g/mol. The van der Waals surface area contributed by atoms with Crippen molar-refractivity contribution in [2.45, 2.75) is 61.4 Å². The van der Waals surface area contributed by atoms with Gasteiger partial charge in [-0.3, -0.25) is 4.79 Å². The number of fused-ring (bicyclic) bond motifs is 1. The van der Waals surface area contributed by atoms with Gasteiger partial charge in [0.2, 0.25) is 17.5 Å². The third-order valence-corrected chi connectivity index (χ3v) is 7.54. The Labute approximate surface area is 248 Å². The molecular formula is C28H32O16. The molecule has 2 aliphatic heterocycles. The van der Waals surface area contributed by atoms with Crippen LogP contribution in [0.4, 0.5) is 0 Å². The lowest BCUT2D eigenvalue weighted by Gasteiger charge is -2.42. The largest absolute Gasteiger partial charge is 0.504 e. The zero-order valence-electron chi connectivity index (χ0n) is 23.0. The summed E-state index contributed by atoms with van der Waals surface area (Å²) >= 11 is 0. The van der Waals surface area contributed by atoms with Gasteiger partial charge in [0.1, 0.15) is 71.8 Å². The first-order chi connectivity index (χ1) is 21.0. The first-order valence-electron chi connectivity index (χ1n) is 13.4. The number of phenolic OH excluding ortho intramolecular Hbond substituents is 2. The number of hydrogen-bond donors (Lipinski definition) is 9. The molecule has 5 rings (SSSR count). The van der Waals surface area contributed by atoms with Gasteiger partial charge in [0, 0.05) is 6.07 Å². The minimum Gasteiger partial charge on any atom is -0.504 e. The fraction of sp³-hybridized carbons (Fsp3) is 0.464. The highest BCUT2D eigenvalue weighted by atomic mass is 16.7.